The van der Waals surface area contributed by atoms with Crippen LogP contribution in [0, 0.1) is 0 Å². The Morgan fingerprint density at radius 1 is 1.08 bits per heavy atom. The molecule has 0 atom stereocenters. The third kappa shape index (κ3) is 3.73. The summed E-state index contributed by atoms with van der Waals surface area (Å²) in [5.74, 6) is 0.752. The monoisotopic (exact) mass is 320 g/mol. The molecule has 120 valence electrons. The summed E-state index contributed by atoms with van der Waals surface area (Å²) in [6.07, 6.45) is 3.31. The Balaban J connectivity index is 1.82. The predicted molar refractivity (Wildman–Crippen MR) is 90.6 cm³/mol. The van der Waals surface area contributed by atoms with Gasteiger partial charge in [0.25, 0.3) is 0 Å². The molecule has 1 amide bonds. The van der Waals surface area contributed by atoms with Crippen molar-refractivity contribution in [2.75, 3.05) is 12.4 Å². The van der Waals surface area contributed by atoms with Crippen LogP contribution in [0.1, 0.15) is 5.69 Å². The van der Waals surface area contributed by atoms with Crippen molar-refractivity contribution in [3.63, 3.8) is 0 Å². The number of rotatable bonds is 5. The summed E-state index contributed by atoms with van der Waals surface area (Å²) in [6.45, 7) is 0. The van der Waals surface area contributed by atoms with Crippen molar-refractivity contribution in [1.82, 2.24) is 15.0 Å². The number of pyridine rings is 1. The van der Waals surface area contributed by atoms with Gasteiger partial charge in [-0.1, -0.05) is 24.3 Å². The molecule has 0 aliphatic carbocycles. The molecule has 0 aliphatic heterocycles. The Hall–Kier alpha value is -3.28. The highest BCUT2D eigenvalue weighted by atomic mass is 16.5. The molecule has 0 unspecified atom stereocenters. The zero-order valence-corrected chi connectivity index (χ0v) is 13.1. The molecule has 2 heterocycles. The van der Waals surface area contributed by atoms with E-state index < -0.39 is 0 Å². The number of amides is 1. The van der Waals surface area contributed by atoms with Gasteiger partial charge in [-0.2, -0.15) is 0 Å². The zero-order valence-electron chi connectivity index (χ0n) is 13.1. The summed E-state index contributed by atoms with van der Waals surface area (Å²) in [4.78, 5) is 25.2. The van der Waals surface area contributed by atoms with E-state index in [1.165, 1.54) is 7.11 Å². The second-order valence-electron chi connectivity index (χ2n) is 5.01. The largest absolute Gasteiger partial charge is 0.493 e. The van der Waals surface area contributed by atoms with Crippen LogP contribution in [0.25, 0.3) is 11.5 Å². The molecule has 0 spiro atoms. The molecule has 3 rings (SSSR count). The van der Waals surface area contributed by atoms with Crippen molar-refractivity contribution < 1.29 is 9.53 Å². The first-order chi connectivity index (χ1) is 11.8. The minimum atomic E-state index is -0.176. The van der Waals surface area contributed by atoms with E-state index in [-0.39, 0.29) is 12.3 Å². The first-order valence-corrected chi connectivity index (χ1v) is 7.42. The summed E-state index contributed by atoms with van der Waals surface area (Å²) in [6, 6.07) is 14.8. The molecule has 0 saturated carbocycles. The summed E-state index contributed by atoms with van der Waals surface area (Å²) in [7, 11) is 1.53. The van der Waals surface area contributed by atoms with Crippen molar-refractivity contribution in [3.8, 4) is 17.3 Å². The highest BCUT2D eigenvalue weighted by Crippen LogP contribution is 2.20. The summed E-state index contributed by atoms with van der Waals surface area (Å²) in [5, 5.41) is 2.83. The molecule has 6 nitrogen and oxygen atoms in total. The molecular formula is C18H16N4O2. The number of nitrogens with one attached hydrogen (secondary N) is 1. The number of para-hydroxylation sites is 1. The Kier molecular flexibility index (Phi) is 4.76. The number of benzene rings is 1. The van der Waals surface area contributed by atoms with E-state index in [2.05, 4.69) is 20.3 Å². The third-order valence-electron chi connectivity index (χ3n) is 3.33. The van der Waals surface area contributed by atoms with Crippen molar-refractivity contribution in [2.45, 2.75) is 6.42 Å². The van der Waals surface area contributed by atoms with E-state index in [0.717, 1.165) is 5.69 Å². The Morgan fingerprint density at radius 3 is 2.58 bits per heavy atom. The van der Waals surface area contributed by atoms with Crippen LogP contribution in [-0.4, -0.2) is 28.0 Å². The van der Waals surface area contributed by atoms with Crippen LogP contribution in [0.15, 0.2) is 60.9 Å². The number of ether oxygens (including phenoxy) is 1. The van der Waals surface area contributed by atoms with Gasteiger partial charge in [0.15, 0.2) is 11.6 Å². The SMILES string of the molecule is COc1cnc(-c2ccccn2)nc1CC(=O)Nc1ccccc1. The molecule has 1 aromatic carbocycles. The molecule has 0 saturated heterocycles. The fourth-order valence-electron chi connectivity index (χ4n) is 2.20. The number of hydrogen-bond acceptors (Lipinski definition) is 5. The fourth-order valence-corrected chi connectivity index (χ4v) is 2.20. The number of aromatic nitrogens is 3. The van der Waals surface area contributed by atoms with Crippen molar-refractivity contribution >= 4 is 11.6 Å². The van der Waals surface area contributed by atoms with E-state index in [1.54, 1.807) is 12.4 Å². The lowest BCUT2D eigenvalue weighted by molar-refractivity contribution is -0.115. The molecule has 2 aromatic heterocycles. The number of anilines is 1. The van der Waals surface area contributed by atoms with Crippen LogP contribution in [0.3, 0.4) is 0 Å². The number of methoxy groups -OCH3 is 1. The van der Waals surface area contributed by atoms with Gasteiger partial charge < -0.3 is 10.1 Å². The standard InChI is InChI=1S/C18H16N4O2/c1-24-16-12-20-18(14-9-5-6-10-19-14)22-15(16)11-17(23)21-13-7-3-2-4-8-13/h2-10,12H,11H2,1H3,(H,21,23). The second kappa shape index (κ2) is 7.32. The topological polar surface area (TPSA) is 77.0 Å². The summed E-state index contributed by atoms with van der Waals surface area (Å²) >= 11 is 0. The van der Waals surface area contributed by atoms with Crippen molar-refractivity contribution in [1.29, 1.82) is 0 Å². The van der Waals surface area contributed by atoms with Crippen molar-refractivity contribution in [2.24, 2.45) is 0 Å². The highest BCUT2D eigenvalue weighted by Gasteiger charge is 2.14. The summed E-state index contributed by atoms with van der Waals surface area (Å²) < 4.78 is 5.26. The van der Waals surface area contributed by atoms with Crippen LogP contribution in [0.5, 0.6) is 5.75 Å². The van der Waals surface area contributed by atoms with Gasteiger partial charge in [-0.3, -0.25) is 9.78 Å². The lowest BCUT2D eigenvalue weighted by Crippen LogP contribution is -2.16. The lowest BCUT2D eigenvalue weighted by Gasteiger charge is -2.09. The smallest absolute Gasteiger partial charge is 0.230 e. The zero-order chi connectivity index (χ0) is 16.8. The van der Waals surface area contributed by atoms with E-state index >= 15 is 0 Å². The van der Waals surface area contributed by atoms with E-state index in [0.29, 0.717) is 23.0 Å². The van der Waals surface area contributed by atoms with Gasteiger partial charge in [-0.15, -0.1) is 0 Å². The second-order valence-corrected chi connectivity index (χ2v) is 5.01. The maximum absolute atomic E-state index is 12.3. The average Bonchev–Trinajstić information content (AvgIpc) is 2.63. The normalized spacial score (nSPS) is 10.2. The van der Waals surface area contributed by atoms with Crippen molar-refractivity contribution in [3.05, 3.63) is 66.6 Å². The lowest BCUT2D eigenvalue weighted by atomic mass is 10.2. The number of carbonyl (C=O) groups excluding carboxylic acids is 1. The predicted octanol–water partition coefficient (Wildman–Crippen LogP) is 2.73. The van der Waals surface area contributed by atoms with Crippen LogP contribution in [-0.2, 0) is 11.2 Å². The van der Waals surface area contributed by atoms with Crippen LogP contribution in [0.2, 0.25) is 0 Å². The maximum Gasteiger partial charge on any atom is 0.230 e. The van der Waals surface area contributed by atoms with Gasteiger partial charge in [-0.25, -0.2) is 9.97 Å². The van der Waals surface area contributed by atoms with E-state index in [9.17, 15) is 4.79 Å². The van der Waals surface area contributed by atoms with E-state index in [4.69, 9.17) is 4.74 Å². The van der Waals surface area contributed by atoms with Gasteiger partial charge in [0.2, 0.25) is 5.91 Å². The first-order valence-electron chi connectivity index (χ1n) is 7.42. The summed E-state index contributed by atoms with van der Waals surface area (Å²) in [5.41, 5.74) is 1.90. The molecule has 0 aliphatic rings. The minimum absolute atomic E-state index is 0.0838. The quantitative estimate of drug-likeness (QED) is 0.782. The molecule has 24 heavy (non-hydrogen) atoms. The van der Waals surface area contributed by atoms with Gasteiger partial charge in [0.1, 0.15) is 5.69 Å². The van der Waals surface area contributed by atoms with Gasteiger partial charge >= 0.3 is 0 Å². The average molecular weight is 320 g/mol. The maximum atomic E-state index is 12.3. The third-order valence-corrected chi connectivity index (χ3v) is 3.33. The van der Waals surface area contributed by atoms with E-state index in [1.807, 2.05) is 48.5 Å². The van der Waals surface area contributed by atoms with Crippen LogP contribution in [0.4, 0.5) is 5.69 Å². The molecule has 1 N–H and O–H groups in total. The number of hydrogen-bond donors (Lipinski definition) is 1. The molecule has 6 heteroatoms. The molecule has 0 bridgehead atoms. The fraction of sp³-hybridized carbons (Fsp3) is 0.111. The Morgan fingerprint density at radius 2 is 1.88 bits per heavy atom. The van der Waals surface area contributed by atoms with Gasteiger partial charge in [0, 0.05) is 11.9 Å². The number of nitrogens with zero attached hydrogens (tertiary/aromatic N) is 3. The van der Waals surface area contributed by atoms with Crippen LogP contribution < -0.4 is 10.1 Å². The van der Waals surface area contributed by atoms with Crippen LogP contribution >= 0.6 is 0 Å². The molecular weight excluding hydrogens is 304 g/mol. The van der Waals surface area contributed by atoms with Gasteiger partial charge in [0.05, 0.1) is 25.4 Å². The molecule has 0 fully saturated rings. The Bertz CT molecular complexity index is 823. The number of carbonyl (C=O) groups is 1. The minimum Gasteiger partial charge on any atom is -0.493 e. The Labute approximate surface area is 139 Å². The van der Waals surface area contributed by atoms with Gasteiger partial charge in [-0.05, 0) is 24.3 Å². The highest BCUT2D eigenvalue weighted by molar-refractivity contribution is 5.92. The molecule has 3 aromatic rings. The molecule has 0 radical (unpaired) electrons. The first kappa shape index (κ1) is 15.6.